The van der Waals surface area contributed by atoms with Crippen LogP contribution in [0.15, 0.2) is 54.6 Å². The number of hydrogen-bond acceptors (Lipinski definition) is 2. The van der Waals surface area contributed by atoms with Gasteiger partial charge >= 0.3 is 12.3 Å². The van der Waals surface area contributed by atoms with Gasteiger partial charge in [-0.25, -0.2) is 4.79 Å². The summed E-state index contributed by atoms with van der Waals surface area (Å²) in [5.41, 5.74) is 0.696. The monoisotopic (exact) mass is 323 g/mol. The van der Waals surface area contributed by atoms with Crippen LogP contribution in [-0.2, 0) is 23.9 Å². The van der Waals surface area contributed by atoms with E-state index in [1.807, 2.05) is 30.3 Å². The predicted octanol–water partition coefficient (Wildman–Crippen LogP) is 4.17. The van der Waals surface area contributed by atoms with Crippen molar-refractivity contribution in [1.29, 1.82) is 0 Å². The zero-order valence-electron chi connectivity index (χ0n) is 12.3. The second-order valence-corrected chi connectivity index (χ2v) is 4.92. The van der Waals surface area contributed by atoms with Gasteiger partial charge in [0, 0.05) is 13.0 Å². The lowest BCUT2D eigenvalue weighted by molar-refractivity contribution is -0.137. The van der Waals surface area contributed by atoms with E-state index in [4.69, 9.17) is 4.74 Å². The van der Waals surface area contributed by atoms with E-state index in [1.165, 1.54) is 6.07 Å². The van der Waals surface area contributed by atoms with E-state index in [0.29, 0.717) is 12.1 Å². The summed E-state index contributed by atoms with van der Waals surface area (Å²) in [5, 5.41) is 2.58. The van der Waals surface area contributed by atoms with Crippen LogP contribution in [0.5, 0.6) is 0 Å². The first-order valence-electron chi connectivity index (χ1n) is 7.06. The molecule has 1 N–H and O–H groups in total. The van der Waals surface area contributed by atoms with Gasteiger partial charge in [0.25, 0.3) is 0 Å². The van der Waals surface area contributed by atoms with Gasteiger partial charge < -0.3 is 10.1 Å². The van der Waals surface area contributed by atoms with Crippen LogP contribution in [0.4, 0.5) is 18.0 Å². The van der Waals surface area contributed by atoms with Crippen LogP contribution in [0.25, 0.3) is 0 Å². The first-order valence-corrected chi connectivity index (χ1v) is 7.06. The Kier molecular flexibility index (Phi) is 5.62. The molecule has 6 heteroatoms. The van der Waals surface area contributed by atoms with Crippen LogP contribution in [0.3, 0.4) is 0 Å². The number of alkyl halides is 3. The van der Waals surface area contributed by atoms with Crippen LogP contribution >= 0.6 is 0 Å². The van der Waals surface area contributed by atoms with Crippen LogP contribution in [-0.4, -0.2) is 12.7 Å². The highest BCUT2D eigenvalue weighted by atomic mass is 19.4. The highest BCUT2D eigenvalue weighted by Crippen LogP contribution is 2.29. The first-order chi connectivity index (χ1) is 10.9. The topological polar surface area (TPSA) is 38.3 Å². The molecule has 0 aromatic heterocycles. The minimum atomic E-state index is -4.37. The van der Waals surface area contributed by atoms with Crippen LogP contribution < -0.4 is 5.32 Å². The second-order valence-electron chi connectivity index (χ2n) is 4.92. The quantitative estimate of drug-likeness (QED) is 0.896. The third-order valence-corrected chi connectivity index (χ3v) is 3.16. The third kappa shape index (κ3) is 5.65. The molecule has 0 heterocycles. The van der Waals surface area contributed by atoms with Crippen molar-refractivity contribution >= 4 is 6.09 Å². The Hall–Kier alpha value is -2.50. The fourth-order valence-corrected chi connectivity index (χ4v) is 1.99. The van der Waals surface area contributed by atoms with E-state index in [2.05, 4.69) is 5.32 Å². The maximum Gasteiger partial charge on any atom is 0.416 e. The van der Waals surface area contributed by atoms with Gasteiger partial charge in [0.1, 0.15) is 0 Å². The molecule has 122 valence electrons. The number of nitrogens with one attached hydrogen (secondary N) is 1. The highest BCUT2D eigenvalue weighted by molar-refractivity contribution is 5.67. The van der Waals surface area contributed by atoms with Crippen molar-refractivity contribution in [1.82, 2.24) is 5.32 Å². The number of amides is 1. The molecule has 2 aromatic rings. The highest BCUT2D eigenvalue weighted by Gasteiger charge is 2.30. The number of benzene rings is 2. The number of ether oxygens (including phenoxy) is 1. The maximum absolute atomic E-state index is 12.6. The Morgan fingerprint density at radius 3 is 2.39 bits per heavy atom. The first kappa shape index (κ1) is 16.9. The molecule has 1 amide bonds. The van der Waals surface area contributed by atoms with Crippen molar-refractivity contribution in [3.63, 3.8) is 0 Å². The van der Waals surface area contributed by atoms with Crippen LogP contribution in [0.1, 0.15) is 16.7 Å². The molecule has 23 heavy (non-hydrogen) atoms. The van der Waals surface area contributed by atoms with Crippen LogP contribution in [0, 0.1) is 0 Å². The van der Waals surface area contributed by atoms with Crippen molar-refractivity contribution in [2.75, 3.05) is 6.61 Å². The molecule has 0 spiro atoms. The molecule has 2 rings (SSSR count). The zero-order chi connectivity index (χ0) is 16.7. The lowest BCUT2D eigenvalue weighted by atomic mass is 10.1. The summed E-state index contributed by atoms with van der Waals surface area (Å²) in [6.45, 7) is 0.352. The minimum Gasteiger partial charge on any atom is -0.449 e. The third-order valence-electron chi connectivity index (χ3n) is 3.16. The summed E-state index contributed by atoms with van der Waals surface area (Å²) in [6.07, 6.45) is -4.74. The summed E-state index contributed by atoms with van der Waals surface area (Å²) in [7, 11) is 0. The Balaban J connectivity index is 1.75. The van der Waals surface area contributed by atoms with Gasteiger partial charge in [0.05, 0.1) is 12.2 Å². The Morgan fingerprint density at radius 2 is 1.70 bits per heavy atom. The lowest BCUT2D eigenvalue weighted by Gasteiger charge is -2.09. The van der Waals surface area contributed by atoms with E-state index in [0.717, 1.165) is 17.7 Å². The average molecular weight is 323 g/mol. The summed E-state index contributed by atoms with van der Waals surface area (Å²) in [4.78, 5) is 11.5. The Labute approximate surface area is 132 Å². The van der Waals surface area contributed by atoms with Gasteiger partial charge in [-0.3, -0.25) is 0 Å². The summed E-state index contributed by atoms with van der Waals surface area (Å²) >= 11 is 0. The fraction of sp³-hybridized carbons (Fsp3) is 0.235. The molecule has 0 unspecified atom stereocenters. The minimum absolute atomic E-state index is 0.0158. The molecule has 0 radical (unpaired) electrons. The van der Waals surface area contributed by atoms with Gasteiger partial charge in [0.2, 0.25) is 0 Å². The maximum atomic E-state index is 12.6. The van der Waals surface area contributed by atoms with Gasteiger partial charge in [-0.1, -0.05) is 48.5 Å². The number of hydrogen-bond donors (Lipinski definition) is 1. The molecule has 0 saturated carbocycles. The van der Waals surface area contributed by atoms with Gasteiger partial charge in [0.15, 0.2) is 0 Å². The molecule has 0 aliphatic rings. The molecule has 0 atom stereocenters. The van der Waals surface area contributed by atoms with Gasteiger partial charge in [-0.05, 0) is 17.2 Å². The lowest BCUT2D eigenvalue weighted by Crippen LogP contribution is -2.24. The van der Waals surface area contributed by atoms with Crippen molar-refractivity contribution in [3.8, 4) is 0 Å². The van der Waals surface area contributed by atoms with Gasteiger partial charge in [-0.15, -0.1) is 0 Å². The van der Waals surface area contributed by atoms with E-state index in [1.54, 1.807) is 6.07 Å². The molecule has 0 saturated heterocycles. The van der Waals surface area contributed by atoms with E-state index in [9.17, 15) is 18.0 Å². The number of rotatable bonds is 5. The number of carbonyl (C=O) groups is 1. The smallest absolute Gasteiger partial charge is 0.416 e. The summed E-state index contributed by atoms with van der Waals surface area (Å²) in [5.74, 6) is 0. The Bertz CT molecular complexity index is 642. The largest absolute Gasteiger partial charge is 0.449 e. The van der Waals surface area contributed by atoms with Crippen molar-refractivity contribution in [3.05, 3.63) is 71.3 Å². The zero-order valence-corrected chi connectivity index (χ0v) is 12.3. The molecule has 2 aromatic carbocycles. The van der Waals surface area contributed by atoms with Crippen molar-refractivity contribution in [2.24, 2.45) is 0 Å². The molecule has 0 bridgehead atoms. The normalized spacial score (nSPS) is 11.1. The SMILES string of the molecule is O=C(NCc1ccccc1)OCCc1cccc(C(F)(F)F)c1. The van der Waals surface area contributed by atoms with E-state index < -0.39 is 17.8 Å². The molecular weight excluding hydrogens is 307 g/mol. The van der Waals surface area contributed by atoms with E-state index in [-0.39, 0.29) is 13.0 Å². The standard InChI is InChI=1S/C17H16F3NO2/c18-17(19,20)15-8-4-7-13(11-15)9-10-23-16(22)21-12-14-5-2-1-3-6-14/h1-8,11H,9-10,12H2,(H,21,22). The molecule has 0 aliphatic carbocycles. The second kappa shape index (κ2) is 7.67. The van der Waals surface area contributed by atoms with E-state index >= 15 is 0 Å². The Morgan fingerprint density at radius 1 is 1.00 bits per heavy atom. The summed E-state index contributed by atoms with van der Waals surface area (Å²) in [6, 6.07) is 14.3. The number of carbonyl (C=O) groups excluding carboxylic acids is 1. The molecule has 0 aliphatic heterocycles. The fourth-order valence-electron chi connectivity index (χ4n) is 1.99. The predicted molar refractivity (Wildman–Crippen MR) is 79.8 cm³/mol. The molecular formula is C17H16F3NO2. The van der Waals surface area contributed by atoms with Crippen molar-refractivity contribution < 1.29 is 22.7 Å². The van der Waals surface area contributed by atoms with Gasteiger partial charge in [-0.2, -0.15) is 13.2 Å². The number of alkyl carbamates (subject to hydrolysis) is 1. The number of halogens is 3. The molecule has 0 fully saturated rings. The van der Waals surface area contributed by atoms with Crippen LogP contribution in [0.2, 0.25) is 0 Å². The van der Waals surface area contributed by atoms with Crippen molar-refractivity contribution in [2.45, 2.75) is 19.1 Å². The summed E-state index contributed by atoms with van der Waals surface area (Å²) < 4.78 is 42.7. The average Bonchev–Trinajstić information content (AvgIpc) is 2.53. The molecule has 3 nitrogen and oxygen atoms in total.